The second-order valence-corrected chi connectivity index (χ2v) is 7.41. The first-order valence-corrected chi connectivity index (χ1v) is 9.61. The Morgan fingerprint density at radius 1 is 1.40 bits per heavy atom. The van der Waals surface area contributed by atoms with Gasteiger partial charge in [0.05, 0.1) is 11.8 Å². The molecular formula is C17H21N5O2S. The highest BCUT2D eigenvalue weighted by molar-refractivity contribution is 7.07. The summed E-state index contributed by atoms with van der Waals surface area (Å²) in [4.78, 5) is 40.2. The SMILES string of the molecule is O=C(c1cscn1)N1CCC2C(CCC(=O)N2CCc2cnc[nH]2)C1. The molecule has 2 amide bonds. The van der Waals surface area contributed by atoms with Gasteiger partial charge in [-0.3, -0.25) is 9.59 Å². The molecule has 2 aliphatic rings. The number of aromatic nitrogens is 3. The highest BCUT2D eigenvalue weighted by Gasteiger charge is 2.40. The Bertz CT molecular complexity index is 730. The number of nitrogens with one attached hydrogen (secondary N) is 1. The van der Waals surface area contributed by atoms with Crippen molar-refractivity contribution in [2.75, 3.05) is 19.6 Å². The van der Waals surface area contributed by atoms with E-state index in [2.05, 4.69) is 15.0 Å². The van der Waals surface area contributed by atoms with Crippen LogP contribution in [0.1, 0.15) is 35.4 Å². The molecule has 0 aliphatic carbocycles. The van der Waals surface area contributed by atoms with Crippen molar-refractivity contribution in [1.29, 1.82) is 0 Å². The van der Waals surface area contributed by atoms with Crippen LogP contribution in [0.25, 0.3) is 0 Å². The number of hydrogen-bond donors (Lipinski definition) is 1. The number of piperidine rings is 2. The first kappa shape index (κ1) is 16.3. The molecule has 2 atom stereocenters. The summed E-state index contributed by atoms with van der Waals surface area (Å²) < 4.78 is 0. The van der Waals surface area contributed by atoms with Gasteiger partial charge >= 0.3 is 0 Å². The second kappa shape index (κ2) is 6.95. The first-order valence-electron chi connectivity index (χ1n) is 8.66. The average Bonchev–Trinajstić information content (AvgIpc) is 3.33. The van der Waals surface area contributed by atoms with Gasteiger partial charge in [0.15, 0.2) is 0 Å². The number of fused-ring (bicyclic) bond motifs is 1. The molecule has 2 fully saturated rings. The molecule has 1 N–H and O–H groups in total. The minimum atomic E-state index is 0.0145. The van der Waals surface area contributed by atoms with E-state index in [0.29, 0.717) is 31.1 Å². The molecule has 7 nitrogen and oxygen atoms in total. The smallest absolute Gasteiger partial charge is 0.273 e. The highest BCUT2D eigenvalue weighted by atomic mass is 32.1. The Kier molecular flexibility index (Phi) is 4.52. The summed E-state index contributed by atoms with van der Waals surface area (Å²) >= 11 is 1.44. The maximum atomic E-state index is 12.5. The van der Waals surface area contributed by atoms with Crippen molar-refractivity contribution in [2.45, 2.75) is 31.7 Å². The minimum absolute atomic E-state index is 0.0145. The Balaban J connectivity index is 1.41. The number of aromatic amines is 1. The van der Waals surface area contributed by atoms with Gasteiger partial charge in [-0.15, -0.1) is 11.3 Å². The number of rotatable bonds is 4. The lowest BCUT2D eigenvalue weighted by atomic mass is 9.83. The van der Waals surface area contributed by atoms with E-state index in [9.17, 15) is 9.59 Å². The van der Waals surface area contributed by atoms with Crippen LogP contribution in [0.15, 0.2) is 23.4 Å². The van der Waals surface area contributed by atoms with E-state index in [-0.39, 0.29) is 17.9 Å². The molecular weight excluding hydrogens is 338 g/mol. The summed E-state index contributed by atoms with van der Waals surface area (Å²) in [5.74, 6) is 0.608. The fourth-order valence-corrected chi connectivity index (χ4v) is 4.49. The number of nitrogens with zero attached hydrogens (tertiary/aromatic N) is 4. The summed E-state index contributed by atoms with van der Waals surface area (Å²) in [7, 11) is 0. The number of likely N-dealkylation sites (tertiary alicyclic amines) is 2. The molecule has 2 unspecified atom stereocenters. The maximum absolute atomic E-state index is 12.5. The van der Waals surface area contributed by atoms with Gasteiger partial charge in [0, 0.05) is 55.8 Å². The molecule has 4 heterocycles. The average molecular weight is 359 g/mol. The molecule has 2 saturated heterocycles. The van der Waals surface area contributed by atoms with E-state index >= 15 is 0 Å². The van der Waals surface area contributed by atoms with Crippen molar-refractivity contribution in [2.24, 2.45) is 5.92 Å². The van der Waals surface area contributed by atoms with Crippen LogP contribution in [0.2, 0.25) is 0 Å². The lowest BCUT2D eigenvalue weighted by Gasteiger charge is -2.47. The molecule has 0 saturated carbocycles. The summed E-state index contributed by atoms with van der Waals surface area (Å²) in [5.41, 5.74) is 3.27. The number of amides is 2. The number of carbonyl (C=O) groups is 2. The number of carbonyl (C=O) groups excluding carboxylic acids is 2. The summed E-state index contributed by atoms with van der Waals surface area (Å²) in [5, 5.41) is 1.80. The largest absolute Gasteiger partial charge is 0.348 e. The fraction of sp³-hybridized carbons (Fsp3) is 0.529. The van der Waals surface area contributed by atoms with Crippen LogP contribution in [0.5, 0.6) is 0 Å². The Hall–Kier alpha value is -2.22. The van der Waals surface area contributed by atoms with Gasteiger partial charge in [-0.1, -0.05) is 0 Å². The standard InChI is InChI=1S/C17H21N5O2S/c23-16-2-1-12-8-21(17(24)14-9-25-11-20-14)5-4-15(12)22(16)6-3-13-7-18-10-19-13/h7,9-12,15H,1-6,8H2,(H,18,19). The third-order valence-electron chi connectivity index (χ3n) is 5.26. The van der Waals surface area contributed by atoms with E-state index < -0.39 is 0 Å². The Morgan fingerprint density at radius 2 is 2.32 bits per heavy atom. The zero-order valence-corrected chi connectivity index (χ0v) is 14.7. The molecule has 2 aromatic rings. The topological polar surface area (TPSA) is 82.2 Å². The van der Waals surface area contributed by atoms with Crippen molar-refractivity contribution in [3.05, 3.63) is 34.8 Å². The maximum Gasteiger partial charge on any atom is 0.273 e. The predicted octanol–water partition coefficient (Wildman–Crippen LogP) is 1.56. The molecule has 25 heavy (non-hydrogen) atoms. The molecule has 132 valence electrons. The van der Waals surface area contributed by atoms with E-state index in [0.717, 1.165) is 31.5 Å². The van der Waals surface area contributed by atoms with Gasteiger partial charge in [0.25, 0.3) is 5.91 Å². The summed E-state index contributed by atoms with van der Waals surface area (Å²) in [6.07, 6.45) is 6.54. The third-order valence-corrected chi connectivity index (χ3v) is 5.85. The fourth-order valence-electron chi connectivity index (χ4n) is 3.97. The number of imidazole rings is 1. The van der Waals surface area contributed by atoms with Crippen molar-refractivity contribution in [3.63, 3.8) is 0 Å². The molecule has 0 aromatic carbocycles. The molecule has 2 aliphatic heterocycles. The zero-order chi connectivity index (χ0) is 17.2. The number of thiazole rings is 1. The molecule has 0 bridgehead atoms. The van der Waals surface area contributed by atoms with Crippen LogP contribution in [-0.2, 0) is 11.2 Å². The van der Waals surface area contributed by atoms with Gasteiger partial charge in [-0.25, -0.2) is 9.97 Å². The van der Waals surface area contributed by atoms with E-state index in [4.69, 9.17) is 0 Å². The molecule has 2 aromatic heterocycles. The van der Waals surface area contributed by atoms with Gasteiger partial charge in [-0.2, -0.15) is 0 Å². The van der Waals surface area contributed by atoms with E-state index in [1.54, 1.807) is 23.4 Å². The monoisotopic (exact) mass is 359 g/mol. The normalized spacial score (nSPS) is 23.6. The molecule has 0 spiro atoms. The van der Waals surface area contributed by atoms with Crippen LogP contribution < -0.4 is 0 Å². The summed E-state index contributed by atoms with van der Waals surface area (Å²) in [6.45, 7) is 2.11. The van der Waals surface area contributed by atoms with Gasteiger partial charge in [0.2, 0.25) is 5.91 Å². The lowest BCUT2D eigenvalue weighted by molar-refractivity contribution is -0.140. The van der Waals surface area contributed by atoms with Gasteiger partial charge < -0.3 is 14.8 Å². The van der Waals surface area contributed by atoms with Crippen LogP contribution in [0, 0.1) is 5.92 Å². The lowest BCUT2D eigenvalue weighted by Crippen LogP contribution is -2.57. The predicted molar refractivity (Wildman–Crippen MR) is 93.2 cm³/mol. The van der Waals surface area contributed by atoms with Crippen molar-refractivity contribution < 1.29 is 9.59 Å². The van der Waals surface area contributed by atoms with Crippen LogP contribution in [0.3, 0.4) is 0 Å². The molecule has 4 rings (SSSR count). The van der Waals surface area contributed by atoms with E-state index in [1.807, 2.05) is 9.80 Å². The minimum Gasteiger partial charge on any atom is -0.348 e. The van der Waals surface area contributed by atoms with Crippen LogP contribution in [-0.4, -0.2) is 62.2 Å². The quantitative estimate of drug-likeness (QED) is 0.898. The number of hydrogen-bond acceptors (Lipinski definition) is 5. The van der Waals surface area contributed by atoms with Crippen molar-refractivity contribution in [3.8, 4) is 0 Å². The van der Waals surface area contributed by atoms with Gasteiger partial charge in [-0.05, 0) is 18.8 Å². The zero-order valence-electron chi connectivity index (χ0n) is 13.9. The van der Waals surface area contributed by atoms with Crippen LogP contribution in [0.4, 0.5) is 0 Å². The molecule has 8 heteroatoms. The Morgan fingerprint density at radius 3 is 3.08 bits per heavy atom. The second-order valence-electron chi connectivity index (χ2n) is 6.69. The highest BCUT2D eigenvalue weighted by Crippen LogP contribution is 2.32. The Labute approximate surface area is 150 Å². The summed E-state index contributed by atoms with van der Waals surface area (Å²) in [6, 6.07) is 0.239. The van der Waals surface area contributed by atoms with Crippen molar-refractivity contribution >= 4 is 23.2 Å². The van der Waals surface area contributed by atoms with E-state index in [1.165, 1.54) is 11.3 Å². The van der Waals surface area contributed by atoms with Crippen molar-refractivity contribution in [1.82, 2.24) is 24.8 Å². The van der Waals surface area contributed by atoms with Gasteiger partial charge in [0.1, 0.15) is 5.69 Å². The third kappa shape index (κ3) is 3.30. The molecule has 0 radical (unpaired) electrons. The van der Waals surface area contributed by atoms with Crippen LogP contribution >= 0.6 is 11.3 Å². The first-order chi connectivity index (χ1) is 12.2. The number of H-pyrrole nitrogens is 1.